The molecule has 0 saturated heterocycles. The van der Waals surface area contributed by atoms with E-state index in [0.29, 0.717) is 15.8 Å². The molecule has 0 aliphatic heterocycles. The number of carbonyl (C=O) groups is 1. The van der Waals surface area contributed by atoms with Crippen molar-refractivity contribution in [2.24, 2.45) is 0 Å². The number of aliphatic hydroxyl groups excluding tert-OH is 1. The van der Waals surface area contributed by atoms with Crippen LogP contribution in [0.25, 0.3) is 0 Å². The van der Waals surface area contributed by atoms with Crippen molar-refractivity contribution >= 4 is 21.9 Å². The number of aliphatic hydroxyl groups is 1. The normalized spacial score (nSPS) is 12.7. The first kappa shape index (κ1) is 18.2. The van der Waals surface area contributed by atoms with E-state index in [4.69, 9.17) is 9.47 Å². The first-order chi connectivity index (χ1) is 10.3. The summed E-state index contributed by atoms with van der Waals surface area (Å²) < 4.78 is 24.7. The van der Waals surface area contributed by atoms with Crippen LogP contribution in [0.4, 0.5) is 4.39 Å². The van der Waals surface area contributed by atoms with Gasteiger partial charge in [-0.25, -0.2) is 4.39 Å². The van der Waals surface area contributed by atoms with Gasteiger partial charge in [0.05, 0.1) is 17.5 Å². The predicted molar refractivity (Wildman–Crippen MR) is 85.4 cm³/mol. The summed E-state index contributed by atoms with van der Waals surface area (Å²) in [6.45, 7) is 5.08. The topological polar surface area (TPSA) is 55.8 Å². The van der Waals surface area contributed by atoms with Gasteiger partial charge < -0.3 is 14.6 Å². The van der Waals surface area contributed by atoms with Crippen LogP contribution in [0.15, 0.2) is 40.3 Å². The summed E-state index contributed by atoms with van der Waals surface area (Å²) in [6.07, 6.45) is 1.43. The van der Waals surface area contributed by atoms with Crippen molar-refractivity contribution in [3.63, 3.8) is 0 Å². The molecule has 6 heteroatoms. The van der Waals surface area contributed by atoms with Crippen molar-refractivity contribution in [2.45, 2.75) is 27.2 Å². The van der Waals surface area contributed by atoms with Crippen molar-refractivity contribution < 1.29 is 23.8 Å². The molecule has 0 spiro atoms. The van der Waals surface area contributed by atoms with Crippen molar-refractivity contribution in [3.8, 4) is 5.75 Å². The molecule has 0 fully saturated rings. The van der Waals surface area contributed by atoms with E-state index in [-0.39, 0.29) is 24.5 Å². The van der Waals surface area contributed by atoms with Crippen LogP contribution < -0.4 is 4.74 Å². The summed E-state index contributed by atoms with van der Waals surface area (Å²) in [5, 5.41) is 9.32. The van der Waals surface area contributed by atoms with E-state index in [0.717, 1.165) is 0 Å². The number of carbonyl (C=O) groups excluding carboxylic acids is 1. The maximum absolute atomic E-state index is 14.0. The number of esters is 1. The highest BCUT2D eigenvalue weighted by Crippen LogP contribution is 2.26. The molecule has 0 aliphatic carbocycles. The minimum Gasteiger partial charge on any atom is -0.511 e. The molecule has 4 nitrogen and oxygen atoms in total. The number of hydrogen-bond acceptors (Lipinski definition) is 4. The standard InChI is InChI=1S/C16H18BrFO4/c1-4-21-15(20)9-12-6-5-7-14(18)16(12)22-10(2)8-13(17)11(3)19/h5-8,19H,4,9H2,1-3H3/b10-8+,13-11-. The van der Waals surface area contributed by atoms with Gasteiger partial charge in [-0.05, 0) is 48.8 Å². The zero-order valence-electron chi connectivity index (χ0n) is 12.7. The number of ether oxygens (including phenoxy) is 2. The largest absolute Gasteiger partial charge is 0.511 e. The molecule has 0 atom stereocenters. The quantitative estimate of drug-likeness (QED) is 0.456. The SMILES string of the molecule is CCOC(=O)Cc1cccc(F)c1O/C(C)=C/C(Br)=C(\C)O. The second-order valence-electron chi connectivity index (χ2n) is 4.50. The third-order valence-corrected chi connectivity index (χ3v) is 3.43. The Bertz CT molecular complexity index is 604. The fourth-order valence-corrected chi connectivity index (χ4v) is 1.97. The molecule has 0 unspecified atom stereocenters. The summed E-state index contributed by atoms with van der Waals surface area (Å²) in [4.78, 5) is 11.6. The lowest BCUT2D eigenvalue weighted by Gasteiger charge is -2.12. The summed E-state index contributed by atoms with van der Waals surface area (Å²) >= 11 is 3.16. The molecule has 1 aromatic carbocycles. The van der Waals surface area contributed by atoms with E-state index in [9.17, 15) is 14.3 Å². The van der Waals surface area contributed by atoms with Crippen LogP contribution in [0.2, 0.25) is 0 Å². The van der Waals surface area contributed by atoms with Gasteiger partial charge in [0.25, 0.3) is 0 Å². The Morgan fingerprint density at radius 3 is 2.68 bits per heavy atom. The van der Waals surface area contributed by atoms with Gasteiger partial charge in [-0.15, -0.1) is 0 Å². The summed E-state index contributed by atoms with van der Waals surface area (Å²) in [5.41, 5.74) is 0.395. The van der Waals surface area contributed by atoms with Gasteiger partial charge in [-0.3, -0.25) is 4.79 Å². The molecule has 120 valence electrons. The number of allylic oxidation sites excluding steroid dienone is 4. The van der Waals surface area contributed by atoms with Crippen molar-refractivity contribution in [1.29, 1.82) is 0 Å². The summed E-state index contributed by atoms with van der Waals surface area (Å²) in [7, 11) is 0. The van der Waals surface area contributed by atoms with E-state index in [2.05, 4.69) is 15.9 Å². The Hall–Kier alpha value is -1.82. The lowest BCUT2D eigenvalue weighted by atomic mass is 10.1. The van der Waals surface area contributed by atoms with E-state index < -0.39 is 11.8 Å². The van der Waals surface area contributed by atoms with Gasteiger partial charge in [0.15, 0.2) is 11.6 Å². The molecule has 0 aromatic heterocycles. The molecule has 0 heterocycles. The average Bonchev–Trinajstić information content (AvgIpc) is 2.42. The highest BCUT2D eigenvalue weighted by molar-refractivity contribution is 9.11. The van der Waals surface area contributed by atoms with Crippen LogP contribution in [0.3, 0.4) is 0 Å². The third-order valence-electron chi connectivity index (χ3n) is 2.63. The van der Waals surface area contributed by atoms with Crippen molar-refractivity contribution in [3.05, 3.63) is 51.7 Å². The fraction of sp³-hybridized carbons (Fsp3) is 0.312. The second-order valence-corrected chi connectivity index (χ2v) is 5.35. The minimum absolute atomic E-state index is 0.0276. The smallest absolute Gasteiger partial charge is 0.310 e. The van der Waals surface area contributed by atoms with E-state index in [1.807, 2.05) is 0 Å². The lowest BCUT2D eigenvalue weighted by Crippen LogP contribution is -2.09. The van der Waals surface area contributed by atoms with E-state index in [1.165, 1.54) is 25.1 Å². The molecule has 22 heavy (non-hydrogen) atoms. The zero-order valence-corrected chi connectivity index (χ0v) is 14.2. The van der Waals surface area contributed by atoms with Crippen LogP contribution in [0, 0.1) is 5.82 Å². The molecular weight excluding hydrogens is 355 g/mol. The van der Waals surface area contributed by atoms with Crippen LogP contribution in [0.1, 0.15) is 26.3 Å². The van der Waals surface area contributed by atoms with Gasteiger partial charge in [0.1, 0.15) is 11.5 Å². The Morgan fingerprint density at radius 2 is 2.09 bits per heavy atom. The molecule has 0 radical (unpaired) electrons. The highest BCUT2D eigenvalue weighted by atomic mass is 79.9. The molecule has 0 amide bonds. The first-order valence-corrected chi connectivity index (χ1v) is 7.49. The van der Waals surface area contributed by atoms with Gasteiger partial charge >= 0.3 is 5.97 Å². The van der Waals surface area contributed by atoms with Gasteiger partial charge in [0.2, 0.25) is 0 Å². The average molecular weight is 373 g/mol. The number of halogens is 2. The van der Waals surface area contributed by atoms with Gasteiger partial charge in [0, 0.05) is 5.56 Å². The van der Waals surface area contributed by atoms with Gasteiger partial charge in [-0.2, -0.15) is 0 Å². The monoisotopic (exact) mass is 372 g/mol. The van der Waals surface area contributed by atoms with Crippen LogP contribution >= 0.6 is 15.9 Å². The minimum atomic E-state index is -0.574. The van der Waals surface area contributed by atoms with Crippen LogP contribution in [0.5, 0.6) is 5.75 Å². The lowest BCUT2D eigenvalue weighted by molar-refractivity contribution is -0.142. The van der Waals surface area contributed by atoms with Crippen LogP contribution in [-0.4, -0.2) is 17.7 Å². The summed E-state index contributed by atoms with van der Waals surface area (Å²) in [6, 6.07) is 4.35. The summed E-state index contributed by atoms with van der Waals surface area (Å²) in [5.74, 6) is -0.624. The second kappa shape index (κ2) is 8.58. The molecule has 0 saturated carbocycles. The fourth-order valence-electron chi connectivity index (χ4n) is 1.65. The van der Waals surface area contributed by atoms with Crippen molar-refractivity contribution in [2.75, 3.05) is 6.61 Å². The Labute approximate surface area is 137 Å². The maximum atomic E-state index is 14.0. The molecule has 1 N–H and O–H groups in total. The Morgan fingerprint density at radius 1 is 1.41 bits per heavy atom. The number of rotatable bonds is 6. The highest BCUT2D eigenvalue weighted by Gasteiger charge is 2.15. The zero-order chi connectivity index (χ0) is 16.7. The maximum Gasteiger partial charge on any atom is 0.310 e. The molecule has 1 rings (SSSR count). The predicted octanol–water partition coefficient (Wildman–Crippen LogP) is 4.40. The first-order valence-electron chi connectivity index (χ1n) is 6.69. The molecule has 0 aliphatic rings. The van der Waals surface area contributed by atoms with Gasteiger partial charge in [-0.1, -0.05) is 12.1 Å². The van der Waals surface area contributed by atoms with E-state index >= 15 is 0 Å². The Balaban J connectivity index is 3.03. The molecule has 0 bridgehead atoms. The Kier molecular flexibility index (Phi) is 7.11. The third kappa shape index (κ3) is 5.52. The number of para-hydroxylation sites is 1. The van der Waals surface area contributed by atoms with Crippen molar-refractivity contribution in [1.82, 2.24) is 0 Å². The molecule has 1 aromatic rings. The van der Waals surface area contributed by atoms with E-state index in [1.54, 1.807) is 19.9 Å². The van der Waals surface area contributed by atoms with Crippen LogP contribution in [-0.2, 0) is 16.0 Å². The number of hydrogen-bond donors (Lipinski definition) is 1. The molecular formula is C16H18BrFO4. The number of benzene rings is 1.